The van der Waals surface area contributed by atoms with Crippen molar-refractivity contribution in [2.24, 2.45) is 5.41 Å². The van der Waals surface area contributed by atoms with E-state index in [1.165, 1.54) is 17.3 Å². The highest BCUT2D eigenvalue weighted by molar-refractivity contribution is 5.41. The maximum Gasteiger partial charge on any atom is 0.219 e. The lowest BCUT2D eigenvalue weighted by Gasteiger charge is -2.32. The van der Waals surface area contributed by atoms with E-state index in [2.05, 4.69) is 10.1 Å². The highest BCUT2D eigenvalue weighted by Crippen LogP contribution is 2.30. The molecule has 6 heteroatoms. The Morgan fingerprint density at radius 3 is 2.40 bits per heavy atom. The van der Waals surface area contributed by atoms with Crippen LogP contribution in [0.2, 0.25) is 0 Å². The van der Waals surface area contributed by atoms with Crippen molar-refractivity contribution in [1.29, 1.82) is 0 Å². The predicted octanol–water partition coefficient (Wildman–Crippen LogP) is 1.84. The summed E-state index contributed by atoms with van der Waals surface area (Å²) in [6.45, 7) is 5.82. The Morgan fingerprint density at radius 1 is 1.25 bits per heavy atom. The van der Waals surface area contributed by atoms with Gasteiger partial charge in [0.15, 0.2) is 0 Å². The summed E-state index contributed by atoms with van der Waals surface area (Å²) in [5.41, 5.74) is 5.95. The first-order chi connectivity index (χ1) is 9.38. The van der Waals surface area contributed by atoms with Crippen molar-refractivity contribution in [2.75, 3.05) is 5.73 Å². The van der Waals surface area contributed by atoms with Crippen LogP contribution in [0.5, 0.6) is 5.75 Å². The number of hydrogen-bond donors (Lipinski definition) is 2. The molecule has 0 aliphatic carbocycles. The Bertz CT molecular complexity index is 531. The van der Waals surface area contributed by atoms with Crippen molar-refractivity contribution in [2.45, 2.75) is 33.1 Å². The molecule has 1 aromatic carbocycles. The summed E-state index contributed by atoms with van der Waals surface area (Å²) in [5, 5.41) is 14.6. The quantitative estimate of drug-likeness (QED) is 0.832. The van der Waals surface area contributed by atoms with Crippen LogP contribution in [0.15, 0.2) is 36.9 Å². The number of nitrogens with two attached hydrogens (primary N) is 1. The largest absolute Gasteiger partial charge is 0.466 e. The second-order valence-electron chi connectivity index (χ2n) is 5.76. The Hall–Kier alpha value is -2.08. The van der Waals surface area contributed by atoms with Gasteiger partial charge in [0, 0.05) is 5.69 Å². The molecule has 0 radical (unpaired) electrons. The Balaban J connectivity index is 2.26. The Labute approximate surface area is 118 Å². The van der Waals surface area contributed by atoms with E-state index < -0.39 is 12.3 Å². The lowest BCUT2D eigenvalue weighted by molar-refractivity contribution is -0.0731. The van der Waals surface area contributed by atoms with E-state index in [1.54, 1.807) is 24.3 Å². The summed E-state index contributed by atoms with van der Waals surface area (Å²) in [7, 11) is 0. The monoisotopic (exact) mass is 276 g/mol. The fourth-order valence-electron chi connectivity index (χ4n) is 1.73. The van der Waals surface area contributed by atoms with E-state index in [4.69, 9.17) is 10.5 Å². The van der Waals surface area contributed by atoms with Crippen LogP contribution in [-0.4, -0.2) is 26.0 Å². The minimum atomic E-state index is -0.748. The molecule has 1 aromatic heterocycles. The molecule has 2 rings (SSSR count). The van der Waals surface area contributed by atoms with Gasteiger partial charge < -0.3 is 15.6 Å². The zero-order valence-electron chi connectivity index (χ0n) is 11.9. The molecule has 0 aliphatic heterocycles. The maximum atomic E-state index is 10.5. The molecule has 1 heterocycles. The van der Waals surface area contributed by atoms with E-state index in [0.717, 1.165) is 0 Å². The van der Waals surface area contributed by atoms with Gasteiger partial charge >= 0.3 is 0 Å². The number of aliphatic hydroxyl groups is 1. The van der Waals surface area contributed by atoms with Gasteiger partial charge in [-0.2, -0.15) is 5.10 Å². The molecule has 0 amide bonds. The highest BCUT2D eigenvalue weighted by Gasteiger charge is 2.34. The van der Waals surface area contributed by atoms with E-state index in [-0.39, 0.29) is 5.41 Å². The SMILES string of the molecule is CC(C)(C)C(O)C(Oc1ccc(N)cc1)n1cncn1. The van der Waals surface area contributed by atoms with Gasteiger partial charge in [-0.15, -0.1) is 0 Å². The van der Waals surface area contributed by atoms with E-state index >= 15 is 0 Å². The van der Waals surface area contributed by atoms with Crippen LogP contribution in [0.25, 0.3) is 0 Å². The number of nitrogens with zero attached hydrogens (tertiary/aromatic N) is 3. The molecule has 0 aliphatic rings. The zero-order valence-corrected chi connectivity index (χ0v) is 11.9. The average Bonchev–Trinajstić information content (AvgIpc) is 2.90. The van der Waals surface area contributed by atoms with Crippen LogP contribution in [-0.2, 0) is 0 Å². The number of aromatic nitrogens is 3. The summed E-state index contributed by atoms with van der Waals surface area (Å²) in [6.07, 6.45) is 1.54. The summed E-state index contributed by atoms with van der Waals surface area (Å²) in [6, 6.07) is 7.01. The van der Waals surface area contributed by atoms with Gasteiger partial charge in [-0.05, 0) is 29.7 Å². The van der Waals surface area contributed by atoms with Gasteiger partial charge in [0.25, 0.3) is 0 Å². The second kappa shape index (κ2) is 5.50. The van der Waals surface area contributed by atoms with Crippen LogP contribution in [0.3, 0.4) is 0 Å². The fraction of sp³-hybridized carbons (Fsp3) is 0.429. The lowest BCUT2D eigenvalue weighted by Crippen LogP contribution is -2.38. The van der Waals surface area contributed by atoms with Crippen LogP contribution in [0.1, 0.15) is 27.0 Å². The van der Waals surface area contributed by atoms with Crippen molar-refractivity contribution in [3.8, 4) is 5.75 Å². The second-order valence-corrected chi connectivity index (χ2v) is 5.76. The predicted molar refractivity (Wildman–Crippen MR) is 76.0 cm³/mol. The zero-order chi connectivity index (χ0) is 14.8. The summed E-state index contributed by atoms with van der Waals surface area (Å²) >= 11 is 0. The average molecular weight is 276 g/mol. The number of aliphatic hydroxyl groups excluding tert-OH is 1. The van der Waals surface area contributed by atoms with Gasteiger partial charge in [-0.3, -0.25) is 0 Å². The van der Waals surface area contributed by atoms with Gasteiger partial charge in [0.2, 0.25) is 6.23 Å². The molecule has 0 bridgehead atoms. The minimum Gasteiger partial charge on any atom is -0.466 e. The first-order valence-corrected chi connectivity index (χ1v) is 6.42. The van der Waals surface area contributed by atoms with Crippen LogP contribution in [0, 0.1) is 5.41 Å². The normalized spacial score (nSPS) is 14.8. The van der Waals surface area contributed by atoms with Gasteiger partial charge in [-0.25, -0.2) is 9.67 Å². The molecule has 2 unspecified atom stereocenters. The standard InChI is InChI=1S/C14H20N4O2/c1-14(2,3)12(19)13(18-9-16-8-17-18)20-11-6-4-10(15)5-7-11/h4-9,12-13,19H,15H2,1-3H3. The molecule has 0 saturated carbocycles. The molecule has 0 spiro atoms. The van der Waals surface area contributed by atoms with Crippen molar-refractivity contribution in [3.63, 3.8) is 0 Å². The summed E-state index contributed by atoms with van der Waals surface area (Å²) in [4.78, 5) is 3.90. The van der Waals surface area contributed by atoms with Gasteiger partial charge in [-0.1, -0.05) is 20.8 Å². The molecule has 2 aromatic rings. The number of rotatable bonds is 4. The van der Waals surface area contributed by atoms with Crippen LogP contribution >= 0.6 is 0 Å². The molecule has 6 nitrogen and oxygen atoms in total. The Kier molecular flexibility index (Phi) is 3.94. The van der Waals surface area contributed by atoms with Crippen LogP contribution < -0.4 is 10.5 Å². The van der Waals surface area contributed by atoms with Crippen molar-refractivity contribution >= 4 is 5.69 Å². The number of anilines is 1. The maximum absolute atomic E-state index is 10.5. The smallest absolute Gasteiger partial charge is 0.219 e. The number of ether oxygens (including phenoxy) is 1. The topological polar surface area (TPSA) is 86.2 Å². The third-order valence-corrected chi connectivity index (χ3v) is 2.99. The first-order valence-electron chi connectivity index (χ1n) is 6.42. The van der Waals surface area contributed by atoms with E-state index in [9.17, 15) is 5.11 Å². The molecule has 3 N–H and O–H groups in total. The Morgan fingerprint density at radius 2 is 1.90 bits per heavy atom. The van der Waals surface area contributed by atoms with Gasteiger partial charge in [0.1, 0.15) is 24.5 Å². The van der Waals surface area contributed by atoms with Crippen molar-refractivity contribution in [1.82, 2.24) is 14.8 Å². The molecular formula is C14H20N4O2. The molecule has 0 saturated heterocycles. The number of benzene rings is 1. The molecule has 108 valence electrons. The fourth-order valence-corrected chi connectivity index (χ4v) is 1.73. The van der Waals surface area contributed by atoms with Crippen molar-refractivity contribution in [3.05, 3.63) is 36.9 Å². The highest BCUT2D eigenvalue weighted by atomic mass is 16.5. The van der Waals surface area contributed by atoms with Gasteiger partial charge in [0.05, 0.1) is 0 Å². The van der Waals surface area contributed by atoms with E-state index in [0.29, 0.717) is 11.4 Å². The molecule has 20 heavy (non-hydrogen) atoms. The molecule has 0 fully saturated rings. The molecule has 2 atom stereocenters. The minimum absolute atomic E-state index is 0.357. The van der Waals surface area contributed by atoms with Crippen molar-refractivity contribution < 1.29 is 9.84 Å². The third kappa shape index (κ3) is 3.27. The number of hydrogen-bond acceptors (Lipinski definition) is 5. The first kappa shape index (κ1) is 14.3. The summed E-state index contributed by atoms with van der Waals surface area (Å²) < 4.78 is 7.36. The number of nitrogen functional groups attached to an aromatic ring is 1. The summed E-state index contributed by atoms with van der Waals surface area (Å²) in [5.74, 6) is 0.614. The van der Waals surface area contributed by atoms with E-state index in [1.807, 2.05) is 20.8 Å². The lowest BCUT2D eigenvalue weighted by atomic mass is 9.88. The third-order valence-electron chi connectivity index (χ3n) is 2.99. The van der Waals surface area contributed by atoms with Crippen LogP contribution in [0.4, 0.5) is 5.69 Å². The molecular weight excluding hydrogens is 256 g/mol.